The Hall–Kier alpha value is -1.02. The van der Waals surface area contributed by atoms with E-state index in [1.165, 1.54) is 12.0 Å². The zero-order chi connectivity index (χ0) is 12.1. The van der Waals surface area contributed by atoms with Gasteiger partial charge < -0.3 is 9.84 Å². The summed E-state index contributed by atoms with van der Waals surface area (Å²) < 4.78 is 5.57. The van der Waals surface area contributed by atoms with E-state index in [1.54, 1.807) is 0 Å². The normalized spacial score (nSPS) is 24.6. The molecule has 0 aliphatic heterocycles. The molecule has 0 saturated heterocycles. The lowest BCUT2D eigenvalue weighted by molar-refractivity contribution is 0.119. The molecule has 1 N–H and O–H groups in total. The second kappa shape index (κ2) is 6.06. The van der Waals surface area contributed by atoms with Crippen molar-refractivity contribution in [3.05, 3.63) is 29.8 Å². The number of benzene rings is 1. The van der Waals surface area contributed by atoms with E-state index in [2.05, 4.69) is 19.1 Å². The van der Waals surface area contributed by atoms with Gasteiger partial charge in [-0.2, -0.15) is 0 Å². The van der Waals surface area contributed by atoms with Crippen molar-refractivity contribution in [2.45, 2.75) is 51.0 Å². The molecule has 17 heavy (non-hydrogen) atoms. The maximum atomic E-state index is 9.69. The van der Waals surface area contributed by atoms with Crippen LogP contribution in [0.1, 0.15) is 50.5 Å². The Balaban J connectivity index is 1.96. The Labute approximate surface area is 104 Å². The van der Waals surface area contributed by atoms with Crippen LogP contribution in [-0.4, -0.2) is 17.8 Å². The van der Waals surface area contributed by atoms with Crippen molar-refractivity contribution in [3.8, 4) is 5.75 Å². The molecule has 0 amide bonds. The minimum Gasteiger partial charge on any atom is -0.494 e. The third-order valence-electron chi connectivity index (χ3n) is 3.47. The van der Waals surface area contributed by atoms with E-state index >= 15 is 0 Å². The van der Waals surface area contributed by atoms with E-state index in [4.69, 9.17) is 4.74 Å². The van der Waals surface area contributed by atoms with Crippen molar-refractivity contribution in [3.63, 3.8) is 0 Å². The van der Waals surface area contributed by atoms with Crippen LogP contribution in [0, 0.1) is 0 Å². The first-order valence-electron chi connectivity index (χ1n) is 6.70. The predicted octanol–water partition coefficient (Wildman–Crippen LogP) is 3.49. The molecule has 0 spiro atoms. The van der Waals surface area contributed by atoms with Crippen molar-refractivity contribution in [2.24, 2.45) is 0 Å². The van der Waals surface area contributed by atoms with Gasteiger partial charge in [0.15, 0.2) is 0 Å². The molecule has 1 aliphatic carbocycles. The highest BCUT2D eigenvalue weighted by molar-refractivity contribution is 5.29. The summed E-state index contributed by atoms with van der Waals surface area (Å²) in [6.07, 6.45) is 5.15. The lowest BCUT2D eigenvalue weighted by Gasteiger charge is -2.26. The molecule has 0 aromatic heterocycles. The summed E-state index contributed by atoms with van der Waals surface area (Å²) in [6, 6.07) is 8.39. The zero-order valence-electron chi connectivity index (χ0n) is 10.6. The molecular weight excluding hydrogens is 212 g/mol. The van der Waals surface area contributed by atoms with E-state index in [9.17, 15) is 5.11 Å². The first-order chi connectivity index (χ1) is 8.29. The molecule has 1 fully saturated rings. The summed E-state index contributed by atoms with van der Waals surface area (Å²) in [5.41, 5.74) is 1.34. The zero-order valence-corrected chi connectivity index (χ0v) is 10.6. The second-order valence-electron chi connectivity index (χ2n) is 4.93. The Bertz CT molecular complexity index is 331. The first-order valence-corrected chi connectivity index (χ1v) is 6.70. The molecule has 1 aromatic rings. The molecule has 0 heterocycles. The van der Waals surface area contributed by atoms with Crippen LogP contribution in [0.3, 0.4) is 0 Å². The predicted molar refractivity (Wildman–Crippen MR) is 69.4 cm³/mol. The highest BCUT2D eigenvalue weighted by atomic mass is 16.5. The van der Waals surface area contributed by atoms with Gasteiger partial charge in [0.05, 0.1) is 12.7 Å². The quantitative estimate of drug-likeness (QED) is 0.864. The summed E-state index contributed by atoms with van der Waals surface area (Å²) in [4.78, 5) is 0. The lowest BCUT2D eigenvalue weighted by atomic mass is 9.82. The van der Waals surface area contributed by atoms with E-state index in [1.807, 2.05) is 12.1 Å². The van der Waals surface area contributed by atoms with Crippen LogP contribution in [0.2, 0.25) is 0 Å². The lowest BCUT2D eigenvalue weighted by Crippen LogP contribution is -2.18. The fraction of sp³-hybridized carbons (Fsp3) is 0.600. The number of aliphatic hydroxyl groups excluding tert-OH is 1. The average Bonchev–Trinajstić information content (AvgIpc) is 2.37. The number of hydrogen-bond acceptors (Lipinski definition) is 2. The van der Waals surface area contributed by atoms with Gasteiger partial charge in [-0.1, -0.05) is 25.5 Å². The smallest absolute Gasteiger partial charge is 0.119 e. The van der Waals surface area contributed by atoms with Crippen LogP contribution in [0.5, 0.6) is 5.75 Å². The summed E-state index contributed by atoms with van der Waals surface area (Å²) in [6.45, 7) is 2.89. The van der Waals surface area contributed by atoms with Gasteiger partial charge in [0, 0.05) is 0 Å². The average molecular weight is 234 g/mol. The van der Waals surface area contributed by atoms with E-state index < -0.39 is 0 Å². The third-order valence-corrected chi connectivity index (χ3v) is 3.47. The fourth-order valence-electron chi connectivity index (χ4n) is 2.52. The van der Waals surface area contributed by atoms with Crippen LogP contribution in [0.25, 0.3) is 0 Å². The molecule has 0 radical (unpaired) electrons. The van der Waals surface area contributed by atoms with Gasteiger partial charge >= 0.3 is 0 Å². The van der Waals surface area contributed by atoms with Crippen LogP contribution in [-0.2, 0) is 0 Å². The van der Waals surface area contributed by atoms with Crippen molar-refractivity contribution < 1.29 is 9.84 Å². The van der Waals surface area contributed by atoms with Crippen LogP contribution in [0.15, 0.2) is 24.3 Å². The van der Waals surface area contributed by atoms with Gasteiger partial charge in [-0.15, -0.1) is 0 Å². The van der Waals surface area contributed by atoms with Gasteiger partial charge in [0.1, 0.15) is 5.75 Å². The molecule has 2 unspecified atom stereocenters. The summed E-state index contributed by atoms with van der Waals surface area (Å²) >= 11 is 0. The van der Waals surface area contributed by atoms with E-state index in [-0.39, 0.29) is 6.10 Å². The maximum absolute atomic E-state index is 9.69. The van der Waals surface area contributed by atoms with Gasteiger partial charge in [0.25, 0.3) is 0 Å². The molecule has 2 atom stereocenters. The van der Waals surface area contributed by atoms with Gasteiger partial charge in [0.2, 0.25) is 0 Å². The van der Waals surface area contributed by atoms with Crippen molar-refractivity contribution in [1.82, 2.24) is 0 Å². The van der Waals surface area contributed by atoms with Gasteiger partial charge in [-0.05, 0) is 49.3 Å². The monoisotopic (exact) mass is 234 g/mol. The van der Waals surface area contributed by atoms with Crippen molar-refractivity contribution in [2.75, 3.05) is 6.61 Å². The van der Waals surface area contributed by atoms with Crippen LogP contribution >= 0.6 is 0 Å². The largest absolute Gasteiger partial charge is 0.494 e. The maximum Gasteiger partial charge on any atom is 0.119 e. The summed E-state index contributed by atoms with van der Waals surface area (Å²) in [5.74, 6) is 1.48. The number of aliphatic hydroxyl groups is 1. The Morgan fingerprint density at radius 2 is 2.00 bits per heavy atom. The minimum absolute atomic E-state index is 0.107. The SMILES string of the molecule is CCCOc1ccc(C2CCCC(O)C2)cc1. The molecule has 2 heteroatoms. The van der Waals surface area contributed by atoms with E-state index in [0.717, 1.165) is 38.0 Å². The molecule has 94 valence electrons. The number of hydrogen-bond donors (Lipinski definition) is 1. The third kappa shape index (κ3) is 3.47. The number of ether oxygens (including phenoxy) is 1. The van der Waals surface area contributed by atoms with Crippen LogP contribution < -0.4 is 4.74 Å². The summed E-state index contributed by atoms with van der Waals surface area (Å²) in [7, 11) is 0. The van der Waals surface area contributed by atoms with Gasteiger partial charge in [-0.25, -0.2) is 0 Å². The molecular formula is C15H22O2. The Morgan fingerprint density at radius 1 is 1.24 bits per heavy atom. The second-order valence-corrected chi connectivity index (χ2v) is 4.93. The number of rotatable bonds is 4. The Kier molecular flexibility index (Phi) is 4.43. The molecule has 1 aliphatic rings. The van der Waals surface area contributed by atoms with E-state index in [0.29, 0.717) is 5.92 Å². The van der Waals surface area contributed by atoms with Crippen LogP contribution in [0.4, 0.5) is 0 Å². The highest BCUT2D eigenvalue weighted by Gasteiger charge is 2.21. The fourth-order valence-corrected chi connectivity index (χ4v) is 2.52. The Morgan fingerprint density at radius 3 is 2.65 bits per heavy atom. The van der Waals surface area contributed by atoms with Crippen molar-refractivity contribution >= 4 is 0 Å². The van der Waals surface area contributed by atoms with Crippen molar-refractivity contribution in [1.29, 1.82) is 0 Å². The molecule has 2 nitrogen and oxygen atoms in total. The van der Waals surface area contributed by atoms with Gasteiger partial charge in [-0.3, -0.25) is 0 Å². The first kappa shape index (κ1) is 12.4. The molecule has 2 rings (SSSR count). The minimum atomic E-state index is -0.107. The molecule has 0 bridgehead atoms. The topological polar surface area (TPSA) is 29.5 Å². The summed E-state index contributed by atoms with van der Waals surface area (Å²) in [5, 5.41) is 9.69. The molecule has 1 saturated carbocycles. The standard InChI is InChI=1S/C15H22O2/c1-2-10-17-15-8-6-12(7-9-15)13-4-3-5-14(16)11-13/h6-9,13-14,16H,2-5,10-11H2,1H3. The highest BCUT2D eigenvalue weighted by Crippen LogP contribution is 2.33. The molecule has 1 aromatic carbocycles.